The third-order valence-corrected chi connectivity index (χ3v) is 4.65. The Morgan fingerprint density at radius 2 is 1.70 bits per heavy atom. The number of carbonyl (C=O) groups excluding carboxylic acids is 1. The van der Waals surface area contributed by atoms with Gasteiger partial charge in [-0.1, -0.05) is 44.2 Å². The molecule has 2 atom stereocenters. The van der Waals surface area contributed by atoms with Crippen molar-refractivity contribution in [2.24, 2.45) is 5.92 Å². The maximum atomic E-state index is 12.6. The lowest BCUT2D eigenvalue weighted by Crippen LogP contribution is -2.40. The molecule has 0 saturated heterocycles. The van der Waals surface area contributed by atoms with Crippen molar-refractivity contribution in [3.05, 3.63) is 65.9 Å². The van der Waals surface area contributed by atoms with Gasteiger partial charge in [-0.15, -0.1) is 0 Å². The van der Waals surface area contributed by atoms with E-state index in [-0.39, 0.29) is 24.0 Å². The molecule has 0 aliphatic carbocycles. The van der Waals surface area contributed by atoms with Crippen LogP contribution in [0.15, 0.2) is 59.0 Å². The zero-order chi connectivity index (χ0) is 19.4. The summed E-state index contributed by atoms with van der Waals surface area (Å²) in [6, 6.07) is 17.0. The first kappa shape index (κ1) is 18.8. The molecule has 5 heteroatoms. The van der Waals surface area contributed by atoms with Crippen LogP contribution in [0.4, 0.5) is 4.79 Å². The minimum Gasteiger partial charge on any atom is -0.497 e. The zero-order valence-electron chi connectivity index (χ0n) is 16.2. The Balaban J connectivity index is 1.68. The summed E-state index contributed by atoms with van der Waals surface area (Å²) >= 11 is 0. The number of benzene rings is 2. The van der Waals surface area contributed by atoms with Crippen LogP contribution in [0.5, 0.6) is 5.75 Å². The number of carbonyl (C=O) groups is 1. The molecule has 2 N–H and O–H groups in total. The summed E-state index contributed by atoms with van der Waals surface area (Å²) in [5.74, 6) is 1.77. The quantitative estimate of drug-likeness (QED) is 0.630. The highest BCUT2D eigenvalue weighted by molar-refractivity contribution is 5.78. The van der Waals surface area contributed by atoms with Crippen molar-refractivity contribution in [2.75, 3.05) is 7.11 Å². The molecular formula is C22H26N2O3. The summed E-state index contributed by atoms with van der Waals surface area (Å²) in [6.45, 7) is 6.07. The van der Waals surface area contributed by atoms with E-state index in [4.69, 9.17) is 9.15 Å². The summed E-state index contributed by atoms with van der Waals surface area (Å²) in [5.41, 5.74) is 1.86. The van der Waals surface area contributed by atoms with E-state index >= 15 is 0 Å². The molecule has 3 aromatic rings. The molecule has 0 fully saturated rings. The first-order chi connectivity index (χ1) is 13.0. The van der Waals surface area contributed by atoms with Gasteiger partial charge in [0.1, 0.15) is 17.1 Å². The van der Waals surface area contributed by atoms with Crippen LogP contribution < -0.4 is 15.4 Å². The number of amides is 2. The van der Waals surface area contributed by atoms with E-state index in [1.54, 1.807) is 7.11 Å². The van der Waals surface area contributed by atoms with Crippen LogP contribution in [0.25, 0.3) is 11.0 Å². The van der Waals surface area contributed by atoms with Crippen LogP contribution in [-0.4, -0.2) is 13.1 Å². The van der Waals surface area contributed by atoms with Crippen LogP contribution in [0.1, 0.15) is 44.2 Å². The maximum Gasteiger partial charge on any atom is 0.315 e. The largest absolute Gasteiger partial charge is 0.497 e. The van der Waals surface area contributed by atoms with E-state index < -0.39 is 0 Å². The van der Waals surface area contributed by atoms with Gasteiger partial charge in [-0.2, -0.15) is 0 Å². The number of hydrogen-bond acceptors (Lipinski definition) is 3. The average molecular weight is 366 g/mol. The molecule has 27 heavy (non-hydrogen) atoms. The monoisotopic (exact) mass is 366 g/mol. The van der Waals surface area contributed by atoms with Gasteiger partial charge >= 0.3 is 6.03 Å². The Bertz CT molecular complexity index is 866. The number of ether oxygens (including phenoxy) is 1. The lowest BCUT2D eigenvalue weighted by atomic mass is 9.96. The molecule has 0 aliphatic rings. The van der Waals surface area contributed by atoms with E-state index in [0.29, 0.717) is 0 Å². The number of urea groups is 1. The molecule has 5 nitrogen and oxygen atoms in total. The summed E-state index contributed by atoms with van der Waals surface area (Å²) in [4.78, 5) is 12.6. The summed E-state index contributed by atoms with van der Waals surface area (Å²) in [5, 5.41) is 7.07. The topological polar surface area (TPSA) is 63.5 Å². The van der Waals surface area contributed by atoms with Crippen molar-refractivity contribution < 1.29 is 13.9 Å². The van der Waals surface area contributed by atoms with Crippen molar-refractivity contribution >= 4 is 17.0 Å². The first-order valence-electron chi connectivity index (χ1n) is 9.17. The van der Waals surface area contributed by atoms with Crippen LogP contribution in [0.3, 0.4) is 0 Å². The Kier molecular flexibility index (Phi) is 5.69. The first-order valence-corrected chi connectivity index (χ1v) is 9.17. The minimum atomic E-state index is -0.235. The molecule has 0 bridgehead atoms. The number of fused-ring (bicyclic) bond motifs is 1. The predicted molar refractivity (Wildman–Crippen MR) is 107 cm³/mol. The highest BCUT2D eigenvalue weighted by Gasteiger charge is 2.20. The summed E-state index contributed by atoms with van der Waals surface area (Å²) < 4.78 is 11.0. The fourth-order valence-electron chi connectivity index (χ4n) is 3.11. The molecule has 0 unspecified atom stereocenters. The molecule has 142 valence electrons. The molecule has 2 amide bonds. The number of hydrogen-bond donors (Lipinski definition) is 2. The molecule has 1 aromatic heterocycles. The molecule has 0 spiro atoms. The Labute approximate surface area is 159 Å². The van der Waals surface area contributed by atoms with E-state index in [0.717, 1.165) is 28.0 Å². The Morgan fingerprint density at radius 3 is 2.33 bits per heavy atom. The Morgan fingerprint density at radius 1 is 1.00 bits per heavy atom. The van der Waals surface area contributed by atoms with Gasteiger partial charge in [-0.25, -0.2) is 4.79 Å². The van der Waals surface area contributed by atoms with Gasteiger partial charge in [0.05, 0.1) is 19.2 Å². The predicted octanol–water partition coefficient (Wildman–Crippen LogP) is 5.20. The second kappa shape index (κ2) is 8.16. The summed E-state index contributed by atoms with van der Waals surface area (Å²) in [7, 11) is 1.64. The highest BCUT2D eigenvalue weighted by atomic mass is 16.5. The van der Waals surface area contributed by atoms with Gasteiger partial charge in [-0.05, 0) is 42.7 Å². The van der Waals surface area contributed by atoms with Crippen LogP contribution >= 0.6 is 0 Å². The SMILES string of the molecule is COc1ccc([C@H](NC(=O)N[C@H](C)c2cc3ccccc3o2)C(C)C)cc1. The van der Waals surface area contributed by atoms with Crippen molar-refractivity contribution in [2.45, 2.75) is 32.9 Å². The lowest BCUT2D eigenvalue weighted by molar-refractivity contribution is 0.228. The van der Waals surface area contributed by atoms with Gasteiger partial charge in [0, 0.05) is 5.39 Å². The molecule has 2 aromatic carbocycles. The minimum absolute atomic E-state index is 0.0984. The van der Waals surface area contributed by atoms with E-state index in [1.165, 1.54) is 0 Å². The van der Waals surface area contributed by atoms with Crippen molar-refractivity contribution in [1.29, 1.82) is 0 Å². The van der Waals surface area contributed by atoms with Gasteiger partial charge in [-0.3, -0.25) is 0 Å². The molecule has 0 radical (unpaired) electrons. The van der Waals surface area contributed by atoms with Crippen molar-refractivity contribution in [3.63, 3.8) is 0 Å². The fourth-order valence-corrected chi connectivity index (χ4v) is 3.11. The van der Waals surface area contributed by atoms with E-state index in [1.807, 2.05) is 61.5 Å². The second-order valence-corrected chi connectivity index (χ2v) is 7.02. The maximum absolute atomic E-state index is 12.6. The number of methoxy groups -OCH3 is 1. The highest BCUT2D eigenvalue weighted by Crippen LogP contribution is 2.25. The molecule has 3 rings (SSSR count). The van der Waals surface area contributed by atoms with Crippen molar-refractivity contribution in [1.82, 2.24) is 10.6 Å². The Hall–Kier alpha value is -2.95. The third kappa shape index (κ3) is 4.42. The number of rotatable bonds is 6. The number of furan rings is 1. The normalized spacial score (nSPS) is 13.4. The second-order valence-electron chi connectivity index (χ2n) is 7.02. The number of nitrogens with one attached hydrogen (secondary N) is 2. The number of para-hydroxylation sites is 1. The van der Waals surface area contributed by atoms with Gasteiger partial charge in [0.15, 0.2) is 0 Å². The molecule has 1 heterocycles. The van der Waals surface area contributed by atoms with E-state index in [2.05, 4.69) is 24.5 Å². The fraction of sp³-hybridized carbons (Fsp3) is 0.318. The lowest BCUT2D eigenvalue weighted by Gasteiger charge is -2.24. The van der Waals surface area contributed by atoms with Crippen molar-refractivity contribution in [3.8, 4) is 5.75 Å². The zero-order valence-corrected chi connectivity index (χ0v) is 16.2. The van der Waals surface area contributed by atoms with Gasteiger partial charge in [0.25, 0.3) is 0 Å². The van der Waals surface area contributed by atoms with Gasteiger partial charge in [0.2, 0.25) is 0 Å². The van der Waals surface area contributed by atoms with Crippen LogP contribution in [-0.2, 0) is 0 Å². The smallest absolute Gasteiger partial charge is 0.315 e. The molecule has 0 aliphatic heterocycles. The molecule has 0 saturated carbocycles. The summed E-state index contributed by atoms with van der Waals surface area (Å²) in [6.07, 6.45) is 0. The van der Waals surface area contributed by atoms with Crippen LogP contribution in [0.2, 0.25) is 0 Å². The van der Waals surface area contributed by atoms with Crippen LogP contribution in [0, 0.1) is 5.92 Å². The average Bonchev–Trinajstić information content (AvgIpc) is 3.10. The van der Waals surface area contributed by atoms with E-state index in [9.17, 15) is 4.79 Å². The van der Waals surface area contributed by atoms with Gasteiger partial charge < -0.3 is 19.8 Å². The third-order valence-electron chi connectivity index (χ3n) is 4.65. The standard InChI is InChI=1S/C22H26N2O3/c1-14(2)21(16-9-11-18(26-4)12-10-16)24-22(25)23-15(3)20-13-17-7-5-6-8-19(17)27-20/h5-15,21H,1-4H3,(H2,23,24,25)/t15-,21-/m1/s1. The molecular weight excluding hydrogens is 340 g/mol.